The number of nitrogens with zero attached hydrogens (tertiary/aromatic N) is 3. The number of benzene rings is 1. The molecule has 0 saturated heterocycles. The minimum atomic E-state index is -0.171. The summed E-state index contributed by atoms with van der Waals surface area (Å²) in [5.74, 6) is 1.32. The molecule has 0 aliphatic heterocycles. The van der Waals surface area contributed by atoms with E-state index < -0.39 is 0 Å². The van der Waals surface area contributed by atoms with Crippen LogP contribution in [0.1, 0.15) is 28.7 Å². The molecular formula is C22H28N4O3. The van der Waals surface area contributed by atoms with Crippen molar-refractivity contribution in [1.82, 2.24) is 19.6 Å². The predicted octanol–water partition coefficient (Wildman–Crippen LogP) is 2.91. The summed E-state index contributed by atoms with van der Waals surface area (Å²) in [6.07, 6.45) is 1.83. The van der Waals surface area contributed by atoms with Gasteiger partial charge in [-0.15, -0.1) is 0 Å². The number of pyridine rings is 1. The molecule has 0 atom stereocenters. The normalized spacial score (nSPS) is 11.1. The third-order valence-corrected chi connectivity index (χ3v) is 4.49. The summed E-state index contributed by atoms with van der Waals surface area (Å²) in [6.45, 7) is 6.22. The fourth-order valence-electron chi connectivity index (χ4n) is 3.01. The highest BCUT2D eigenvalue weighted by Crippen LogP contribution is 2.22. The maximum atomic E-state index is 12.8. The number of amides is 1. The van der Waals surface area contributed by atoms with Crippen LogP contribution in [-0.4, -0.2) is 54.0 Å². The second-order valence-electron chi connectivity index (χ2n) is 7.02. The molecule has 1 N–H and O–H groups in total. The van der Waals surface area contributed by atoms with Crippen LogP contribution in [0.3, 0.4) is 0 Å². The highest BCUT2D eigenvalue weighted by molar-refractivity contribution is 5.94. The second kappa shape index (κ2) is 9.43. The van der Waals surface area contributed by atoms with Crippen LogP contribution in [0, 0.1) is 6.92 Å². The van der Waals surface area contributed by atoms with Gasteiger partial charge in [-0.1, -0.05) is 12.1 Å². The average molecular weight is 396 g/mol. The van der Waals surface area contributed by atoms with Crippen LogP contribution >= 0.6 is 0 Å². The van der Waals surface area contributed by atoms with Crippen LogP contribution in [0.15, 0.2) is 42.6 Å². The summed E-state index contributed by atoms with van der Waals surface area (Å²) in [5, 5.41) is 2.98. The number of aromatic nitrogens is 2. The van der Waals surface area contributed by atoms with E-state index in [1.54, 1.807) is 4.40 Å². The molecule has 1 amide bonds. The van der Waals surface area contributed by atoms with Crippen molar-refractivity contribution in [1.29, 1.82) is 0 Å². The Kier molecular flexibility index (Phi) is 6.72. The number of ether oxygens (including phenoxy) is 2. The van der Waals surface area contributed by atoms with E-state index in [4.69, 9.17) is 9.47 Å². The Labute approximate surface area is 171 Å². The molecule has 0 bridgehead atoms. The lowest BCUT2D eigenvalue weighted by Crippen LogP contribution is -2.25. The molecule has 0 fully saturated rings. The zero-order chi connectivity index (χ0) is 20.8. The molecule has 1 aromatic carbocycles. The summed E-state index contributed by atoms with van der Waals surface area (Å²) in [6, 6.07) is 11.5. The molecule has 0 saturated carbocycles. The van der Waals surface area contributed by atoms with Crippen molar-refractivity contribution in [2.75, 3.05) is 33.9 Å². The van der Waals surface area contributed by atoms with Crippen LogP contribution in [0.5, 0.6) is 11.5 Å². The van der Waals surface area contributed by atoms with E-state index in [2.05, 4.69) is 15.2 Å². The Hall–Kier alpha value is -3.06. The topological polar surface area (TPSA) is 68.1 Å². The van der Waals surface area contributed by atoms with E-state index in [1.807, 2.05) is 70.5 Å². The highest BCUT2D eigenvalue weighted by Gasteiger charge is 2.18. The molecular weight excluding hydrogens is 368 g/mol. The Bertz CT molecular complexity index is 964. The Morgan fingerprint density at radius 3 is 2.62 bits per heavy atom. The lowest BCUT2D eigenvalue weighted by Gasteiger charge is -2.11. The van der Waals surface area contributed by atoms with Crippen molar-refractivity contribution in [3.63, 3.8) is 0 Å². The number of hydrogen-bond donors (Lipinski definition) is 1. The largest absolute Gasteiger partial charge is 0.492 e. The van der Waals surface area contributed by atoms with Gasteiger partial charge in [0.25, 0.3) is 5.91 Å². The maximum absolute atomic E-state index is 12.8. The highest BCUT2D eigenvalue weighted by atomic mass is 16.5. The quantitative estimate of drug-likeness (QED) is 0.602. The van der Waals surface area contributed by atoms with Gasteiger partial charge >= 0.3 is 0 Å². The number of carbonyl (C=O) groups excluding carboxylic acids is 1. The fourth-order valence-corrected chi connectivity index (χ4v) is 3.01. The molecule has 3 rings (SSSR count). The van der Waals surface area contributed by atoms with Gasteiger partial charge in [0.15, 0.2) is 11.4 Å². The number of nitrogens with one attached hydrogen (secondary N) is 1. The van der Waals surface area contributed by atoms with Gasteiger partial charge in [-0.2, -0.15) is 0 Å². The van der Waals surface area contributed by atoms with Crippen molar-refractivity contribution in [3.8, 4) is 11.5 Å². The van der Waals surface area contributed by atoms with Crippen molar-refractivity contribution in [3.05, 3.63) is 59.5 Å². The van der Waals surface area contributed by atoms with Crippen molar-refractivity contribution in [2.45, 2.75) is 20.4 Å². The van der Waals surface area contributed by atoms with E-state index in [0.29, 0.717) is 42.5 Å². The molecule has 7 heteroatoms. The first kappa shape index (κ1) is 20.7. The lowest BCUT2D eigenvalue weighted by molar-refractivity contribution is 0.0944. The molecule has 2 heterocycles. The van der Waals surface area contributed by atoms with E-state index in [9.17, 15) is 4.79 Å². The van der Waals surface area contributed by atoms with E-state index >= 15 is 0 Å². The maximum Gasteiger partial charge on any atom is 0.270 e. The third kappa shape index (κ3) is 5.06. The van der Waals surface area contributed by atoms with Gasteiger partial charge in [0.2, 0.25) is 0 Å². The Morgan fingerprint density at radius 1 is 1.17 bits per heavy atom. The van der Waals surface area contributed by atoms with E-state index in [-0.39, 0.29) is 5.91 Å². The summed E-state index contributed by atoms with van der Waals surface area (Å²) in [4.78, 5) is 19.4. The van der Waals surface area contributed by atoms with Crippen molar-refractivity contribution >= 4 is 11.6 Å². The first-order valence-electron chi connectivity index (χ1n) is 9.74. The summed E-state index contributed by atoms with van der Waals surface area (Å²) < 4.78 is 13.1. The number of likely N-dealkylation sites (N-methyl/N-ethyl adjacent to an activating group) is 1. The number of carbonyl (C=O) groups is 1. The Balaban J connectivity index is 1.65. The van der Waals surface area contributed by atoms with Crippen LogP contribution in [0.25, 0.3) is 5.65 Å². The van der Waals surface area contributed by atoms with Crippen molar-refractivity contribution < 1.29 is 14.3 Å². The predicted molar refractivity (Wildman–Crippen MR) is 113 cm³/mol. The zero-order valence-corrected chi connectivity index (χ0v) is 17.4. The number of fused-ring (bicyclic) bond motifs is 1. The molecule has 0 unspecified atom stereocenters. The molecule has 7 nitrogen and oxygen atoms in total. The number of aryl methyl sites for hydroxylation is 1. The summed E-state index contributed by atoms with van der Waals surface area (Å²) in [5.41, 5.74) is 2.83. The smallest absolute Gasteiger partial charge is 0.270 e. The minimum absolute atomic E-state index is 0.171. The van der Waals surface area contributed by atoms with Gasteiger partial charge in [0.1, 0.15) is 18.1 Å². The van der Waals surface area contributed by atoms with Crippen molar-refractivity contribution in [2.24, 2.45) is 0 Å². The molecule has 3 aromatic rings. The SMILES string of the molecule is CCOc1cccn2c(C(=O)NCc3ccc(OCCN(C)C)cc3)c(C)nc12. The monoisotopic (exact) mass is 396 g/mol. The van der Waals surface area contributed by atoms with Gasteiger partial charge < -0.3 is 19.7 Å². The molecule has 0 radical (unpaired) electrons. The molecule has 0 aliphatic rings. The standard InChI is InChI=1S/C22H28N4O3/c1-5-28-19-7-6-12-26-20(16(2)24-21(19)26)22(27)23-15-17-8-10-18(11-9-17)29-14-13-25(3)4/h6-12H,5,13-15H2,1-4H3,(H,23,27). The summed E-state index contributed by atoms with van der Waals surface area (Å²) in [7, 11) is 4.02. The van der Waals surface area contributed by atoms with E-state index in [0.717, 1.165) is 17.9 Å². The minimum Gasteiger partial charge on any atom is -0.492 e. The summed E-state index contributed by atoms with van der Waals surface area (Å²) >= 11 is 0. The lowest BCUT2D eigenvalue weighted by atomic mass is 10.2. The van der Waals surface area contributed by atoms with Crippen LogP contribution < -0.4 is 14.8 Å². The molecule has 0 spiro atoms. The van der Waals surface area contributed by atoms with Gasteiger partial charge in [0.05, 0.1) is 12.3 Å². The van der Waals surface area contributed by atoms with Gasteiger partial charge in [-0.3, -0.25) is 9.20 Å². The Morgan fingerprint density at radius 2 is 1.93 bits per heavy atom. The molecule has 29 heavy (non-hydrogen) atoms. The van der Waals surface area contributed by atoms with Crippen LogP contribution in [0.2, 0.25) is 0 Å². The first-order valence-corrected chi connectivity index (χ1v) is 9.74. The van der Waals surface area contributed by atoms with Gasteiger partial charge in [0, 0.05) is 19.3 Å². The van der Waals surface area contributed by atoms with Crippen LogP contribution in [0.4, 0.5) is 0 Å². The second-order valence-corrected chi connectivity index (χ2v) is 7.02. The molecule has 154 valence electrons. The number of imidazole rings is 1. The number of hydrogen-bond acceptors (Lipinski definition) is 5. The zero-order valence-electron chi connectivity index (χ0n) is 17.4. The van der Waals surface area contributed by atoms with Crippen LogP contribution in [-0.2, 0) is 6.54 Å². The number of rotatable bonds is 9. The fraction of sp³-hybridized carbons (Fsp3) is 0.364. The average Bonchev–Trinajstić information content (AvgIpc) is 3.04. The molecule has 2 aromatic heterocycles. The van der Waals surface area contributed by atoms with E-state index in [1.165, 1.54) is 0 Å². The molecule has 0 aliphatic carbocycles. The van der Waals surface area contributed by atoms with Gasteiger partial charge in [-0.25, -0.2) is 4.98 Å². The first-order chi connectivity index (χ1) is 14.0. The third-order valence-electron chi connectivity index (χ3n) is 4.49. The van der Waals surface area contributed by atoms with Gasteiger partial charge in [-0.05, 0) is 57.8 Å².